The minimum atomic E-state index is 1.11. The molecule has 0 radical (unpaired) electrons. The Morgan fingerprint density at radius 2 is 0.700 bits per heavy atom. The molecule has 0 spiro atoms. The topological polar surface area (TPSA) is 0 Å². The van der Waals surface area contributed by atoms with Gasteiger partial charge in [-0.1, -0.05) is 88.0 Å². The number of benzene rings is 4. The fourth-order valence-corrected chi connectivity index (χ4v) is 5.68. The highest BCUT2D eigenvalue weighted by molar-refractivity contribution is 9.11. The van der Waals surface area contributed by atoms with Crippen LogP contribution in [0.4, 0.5) is 0 Å². The van der Waals surface area contributed by atoms with Crippen molar-refractivity contribution in [3.63, 3.8) is 0 Å². The Bertz CT molecular complexity index is 835. The highest BCUT2D eigenvalue weighted by atomic mass is 79.9. The van der Waals surface area contributed by atoms with Gasteiger partial charge in [-0.3, -0.25) is 0 Å². The zero-order chi connectivity index (χ0) is 14.0. The monoisotopic (exact) mass is 514 g/mol. The minimum Gasteiger partial charge on any atom is -0.0525 e. The Morgan fingerprint density at radius 1 is 0.450 bits per heavy atom. The lowest BCUT2D eigenvalue weighted by Crippen LogP contribution is -1.87. The summed E-state index contributed by atoms with van der Waals surface area (Å²) >= 11 is 14.7. The van der Waals surface area contributed by atoms with E-state index in [1.807, 2.05) is 0 Å². The SMILES string of the molecule is Brc1cc(Br)c2ccc3c(Br)cc(Br)c4ccc1c2c43. The van der Waals surface area contributed by atoms with Crippen LogP contribution in [0.25, 0.3) is 32.3 Å². The van der Waals surface area contributed by atoms with E-state index in [2.05, 4.69) is 100 Å². The predicted molar refractivity (Wildman–Crippen MR) is 101 cm³/mol. The summed E-state index contributed by atoms with van der Waals surface area (Å²) in [5.41, 5.74) is 0. The molecule has 0 nitrogen and oxygen atoms in total. The van der Waals surface area contributed by atoms with Crippen LogP contribution in [0.5, 0.6) is 0 Å². The third kappa shape index (κ3) is 1.75. The van der Waals surface area contributed by atoms with Crippen molar-refractivity contribution in [1.29, 1.82) is 0 Å². The third-order valence-electron chi connectivity index (χ3n) is 3.70. The van der Waals surface area contributed by atoms with Gasteiger partial charge in [-0.15, -0.1) is 0 Å². The molecule has 0 N–H and O–H groups in total. The van der Waals surface area contributed by atoms with Gasteiger partial charge >= 0.3 is 0 Å². The van der Waals surface area contributed by atoms with E-state index >= 15 is 0 Å². The van der Waals surface area contributed by atoms with Crippen LogP contribution >= 0.6 is 63.7 Å². The fraction of sp³-hybridized carbons (Fsp3) is 0. The number of hydrogen-bond acceptors (Lipinski definition) is 0. The Morgan fingerprint density at radius 3 is 0.950 bits per heavy atom. The van der Waals surface area contributed by atoms with Gasteiger partial charge in [0.05, 0.1) is 0 Å². The van der Waals surface area contributed by atoms with E-state index in [0.717, 1.165) is 17.9 Å². The van der Waals surface area contributed by atoms with Gasteiger partial charge in [0.2, 0.25) is 0 Å². The molecule has 0 saturated heterocycles. The van der Waals surface area contributed by atoms with Gasteiger partial charge in [0.25, 0.3) is 0 Å². The second-order valence-electron chi connectivity index (χ2n) is 4.75. The first kappa shape index (κ1) is 13.5. The molecule has 0 aromatic heterocycles. The summed E-state index contributed by atoms with van der Waals surface area (Å²) in [5.74, 6) is 0. The van der Waals surface area contributed by atoms with Crippen molar-refractivity contribution in [3.8, 4) is 0 Å². The van der Waals surface area contributed by atoms with E-state index in [-0.39, 0.29) is 0 Å². The van der Waals surface area contributed by atoms with Gasteiger partial charge in [0.1, 0.15) is 0 Å². The predicted octanol–water partition coefficient (Wildman–Crippen LogP) is 7.63. The zero-order valence-corrected chi connectivity index (χ0v) is 16.3. The van der Waals surface area contributed by atoms with Crippen molar-refractivity contribution < 1.29 is 0 Å². The molecule has 0 heterocycles. The Balaban J connectivity index is 2.47. The smallest absolute Gasteiger partial charge is 0.0265 e. The van der Waals surface area contributed by atoms with Crippen molar-refractivity contribution in [2.75, 3.05) is 0 Å². The van der Waals surface area contributed by atoms with Crippen LogP contribution < -0.4 is 0 Å². The van der Waals surface area contributed by atoms with Crippen molar-refractivity contribution in [2.45, 2.75) is 0 Å². The van der Waals surface area contributed by atoms with Crippen molar-refractivity contribution in [2.24, 2.45) is 0 Å². The average molecular weight is 518 g/mol. The number of rotatable bonds is 0. The summed E-state index contributed by atoms with van der Waals surface area (Å²) < 4.78 is 4.45. The quantitative estimate of drug-likeness (QED) is 0.210. The van der Waals surface area contributed by atoms with Gasteiger partial charge in [0, 0.05) is 17.9 Å². The molecule has 20 heavy (non-hydrogen) atoms. The molecule has 4 rings (SSSR count). The normalized spacial score (nSPS) is 12.0. The zero-order valence-electron chi connectivity index (χ0n) is 9.98. The van der Waals surface area contributed by atoms with E-state index in [4.69, 9.17) is 0 Å². The lowest BCUT2D eigenvalue weighted by Gasteiger charge is -2.15. The molecule has 0 aliphatic rings. The largest absolute Gasteiger partial charge is 0.0525 e. The third-order valence-corrected chi connectivity index (χ3v) is 6.32. The standard InChI is InChI=1S/C16H6Br4/c17-11-5-13(19)9-3-4-10-14(20)6-12(18)8-2-1-7(11)15(9)16(8)10/h1-6H. The number of halogens is 4. The Hall–Kier alpha value is -0.160. The molecule has 0 unspecified atom stereocenters. The average Bonchev–Trinajstić information content (AvgIpc) is 2.42. The molecule has 4 aromatic rings. The first-order valence-corrected chi connectivity index (χ1v) is 9.15. The molecule has 0 aliphatic carbocycles. The van der Waals surface area contributed by atoms with Gasteiger partial charge in [-0.25, -0.2) is 0 Å². The lowest BCUT2D eigenvalue weighted by atomic mass is 9.94. The van der Waals surface area contributed by atoms with Crippen molar-refractivity contribution in [3.05, 3.63) is 54.3 Å². The summed E-state index contributed by atoms with van der Waals surface area (Å²) in [6.07, 6.45) is 0. The van der Waals surface area contributed by atoms with E-state index in [1.165, 1.54) is 32.3 Å². The van der Waals surface area contributed by atoms with Gasteiger partial charge in [-0.2, -0.15) is 0 Å². The van der Waals surface area contributed by atoms with E-state index < -0.39 is 0 Å². The maximum Gasteiger partial charge on any atom is 0.0265 e. The van der Waals surface area contributed by atoms with Gasteiger partial charge < -0.3 is 0 Å². The van der Waals surface area contributed by atoms with Crippen LogP contribution in [0.1, 0.15) is 0 Å². The van der Waals surface area contributed by atoms with Crippen molar-refractivity contribution in [1.82, 2.24) is 0 Å². The first-order chi connectivity index (χ1) is 9.58. The minimum absolute atomic E-state index is 1.11. The van der Waals surface area contributed by atoms with E-state index in [1.54, 1.807) is 0 Å². The van der Waals surface area contributed by atoms with E-state index in [9.17, 15) is 0 Å². The molecule has 4 aromatic carbocycles. The maximum absolute atomic E-state index is 3.68. The second kappa shape index (κ2) is 4.67. The summed E-state index contributed by atoms with van der Waals surface area (Å²) in [5, 5.41) is 7.56. The van der Waals surface area contributed by atoms with Crippen molar-refractivity contribution >= 4 is 96.0 Å². The van der Waals surface area contributed by atoms with Crippen LogP contribution in [0.2, 0.25) is 0 Å². The highest BCUT2D eigenvalue weighted by Crippen LogP contribution is 2.44. The highest BCUT2D eigenvalue weighted by Gasteiger charge is 2.15. The van der Waals surface area contributed by atoms with E-state index in [0.29, 0.717) is 0 Å². The second-order valence-corrected chi connectivity index (χ2v) is 8.17. The van der Waals surface area contributed by atoms with Gasteiger partial charge in [0.15, 0.2) is 0 Å². The molecule has 0 amide bonds. The lowest BCUT2D eigenvalue weighted by molar-refractivity contribution is 1.68. The maximum atomic E-state index is 3.68. The molecule has 98 valence electrons. The molecule has 0 fully saturated rings. The van der Waals surface area contributed by atoms with Crippen LogP contribution in [0.15, 0.2) is 54.3 Å². The molecular formula is C16H6Br4. The number of hydrogen-bond donors (Lipinski definition) is 0. The summed E-state index contributed by atoms with van der Waals surface area (Å²) in [6.45, 7) is 0. The van der Waals surface area contributed by atoms with Crippen LogP contribution in [-0.2, 0) is 0 Å². The molecule has 0 aliphatic heterocycles. The summed E-state index contributed by atoms with van der Waals surface area (Å²) in [6, 6.07) is 13.0. The molecule has 0 saturated carbocycles. The van der Waals surface area contributed by atoms with Crippen LogP contribution in [0, 0.1) is 0 Å². The van der Waals surface area contributed by atoms with Gasteiger partial charge in [-0.05, 0) is 44.5 Å². The molecule has 0 atom stereocenters. The van der Waals surface area contributed by atoms with Crippen LogP contribution in [0.3, 0.4) is 0 Å². The fourth-order valence-electron chi connectivity index (χ4n) is 2.83. The molecule has 4 heteroatoms. The Kier molecular flexibility index (Phi) is 3.15. The molecule has 0 bridgehead atoms. The first-order valence-electron chi connectivity index (χ1n) is 5.98. The summed E-state index contributed by atoms with van der Waals surface area (Å²) in [7, 11) is 0. The summed E-state index contributed by atoms with van der Waals surface area (Å²) in [4.78, 5) is 0. The molecular weight excluding hydrogens is 512 g/mol. The van der Waals surface area contributed by atoms with Crippen LogP contribution in [-0.4, -0.2) is 0 Å². The Labute approximate surface area is 149 Å².